The number of rotatable bonds is 6. The monoisotopic (exact) mass is 369 g/mol. The molecular formula is C19H19N3O3S. The van der Waals surface area contributed by atoms with Gasteiger partial charge in [-0.15, -0.1) is 11.3 Å². The smallest absolute Gasteiger partial charge is 0.270 e. The molecule has 0 saturated carbocycles. The summed E-state index contributed by atoms with van der Waals surface area (Å²) in [4.78, 5) is 16.2. The normalized spacial score (nSPS) is 11.5. The second kappa shape index (κ2) is 7.97. The third-order valence-electron chi connectivity index (χ3n) is 3.84. The van der Waals surface area contributed by atoms with E-state index in [1.54, 1.807) is 12.1 Å². The zero-order valence-electron chi connectivity index (χ0n) is 14.6. The molecule has 0 atom stereocenters. The van der Waals surface area contributed by atoms with Gasteiger partial charge in [0.05, 0.1) is 22.9 Å². The number of thiazole rings is 1. The quantitative estimate of drug-likeness (QED) is 0.464. The van der Waals surface area contributed by atoms with E-state index in [1.165, 1.54) is 17.4 Å². The lowest BCUT2D eigenvalue weighted by atomic mass is 10.1. The summed E-state index contributed by atoms with van der Waals surface area (Å²) in [5, 5.41) is 13.0. The second-order valence-corrected chi connectivity index (χ2v) is 6.33. The van der Waals surface area contributed by atoms with Crippen molar-refractivity contribution in [3.63, 3.8) is 0 Å². The summed E-state index contributed by atoms with van der Waals surface area (Å²) < 4.78 is 7.50. The van der Waals surface area contributed by atoms with E-state index >= 15 is 0 Å². The van der Waals surface area contributed by atoms with Gasteiger partial charge in [0.2, 0.25) is 0 Å². The van der Waals surface area contributed by atoms with Crippen molar-refractivity contribution in [3.05, 3.63) is 68.8 Å². The van der Waals surface area contributed by atoms with Crippen LogP contribution < -0.4 is 9.54 Å². The molecule has 0 fully saturated rings. The summed E-state index contributed by atoms with van der Waals surface area (Å²) in [5.41, 5.74) is 2.65. The first-order valence-corrected chi connectivity index (χ1v) is 9.21. The minimum atomic E-state index is -0.378. The molecule has 134 valence electrons. The molecule has 0 saturated heterocycles. The van der Waals surface area contributed by atoms with E-state index in [0.717, 1.165) is 34.0 Å². The van der Waals surface area contributed by atoms with Gasteiger partial charge in [-0.2, -0.15) is 0 Å². The number of nitrogens with zero attached hydrogens (tertiary/aromatic N) is 3. The number of hydrogen-bond acceptors (Lipinski definition) is 5. The van der Waals surface area contributed by atoms with Crippen LogP contribution >= 0.6 is 11.3 Å². The number of nitro benzene ring substituents is 1. The van der Waals surface area contributed by atoms with Crippen molar-refractivity contribution in [2.45, 2.75) is 20.4 Å². The highest BCUT2D eigenvalue weighted by Gasteiger charge is 2.11. The fourth-order valence-corrected chi connectivity index (χ4v) is 3.62. The zero-order chi connectivity index (χ0) is 18.5. The van der Waals surface area contributed by atoms with Crippen LogP contribution in [-0.2, 0) is 6.54 Å². The second-order valence-electron chi connectivity index (χ2n) is 5.49. The maximum atomic E-state index is 11.0. The first-order chi connectivity index (χ1) is 12.6. The third-order valence-corrected chi connectivity index (χ3v) is 4.70. The molecule has 7 heteroatoms. The number of ether oxygens (including phenoxy) is 1. The topological polar surface area (TPSA) is 69.7 Å². The van der Waals surface area contributed by atoms with E-state index in [0.29, 0.717) is 6.61 Å². The Morgan fingerprint density at radius 3 is 2.62 bits per heavy atom. The fraction of sp³-hybridized carbons (Fsp3) is 0.211. The van der Waals surface area contributed by atoms with Gasteiger partial charge in [0.1, 0.15) is 5.75 Å². The Hall–Kier alpha value is -2.93. The van der Waals surface area contributed by atoms with Crippen LogP contribution in [0, 0.1) is 10.1 Å². The lowest BCUT2D eigenvalue weighted by Gasteiger charge is -2.06. The van der Waals surface area contributed by atoms with Crippen LogP contribution in [0.5, 0.6) is 5.75 Å². The molecule has 0 amide bonds. The lowest BCUT2D eigenvalue weighted by molar-refractivity contribution is -0.384. The first-order valence-electron chi connectivity index (χ1n) is 8.33. The van der Waals surface area contributed by atoms with Crippen molar-refractivity contribution >= 4 is 22.7 Å². The van der Waals surface area contributed by atoms with Crippen LogP contribution in [0.15, 0.2) is 58.9 Å². The predicted octanol–water partition coefficient (Wildman–Crippen LogP) is 4.78. The van der Waals surface area contributed by atoms with Crippen LogP contribution in [0.3, 0.4) is 0 Å². The maximum Gasteiger partial charge on any atom is 0.270 e. The Morgan fingerprint density at radius 2 is 1.96 bits per heavy atom. The van der Waals surface area contributed by atoms with Gasteiger partial charge in [0.25, 0.3) is 5.69 Å². The first kappa shape index (κ1) is 17.9. The van der Waals surface area contributed by atoms with Gasteiger partial charge in [-0.1, -0.05) is 12.1 Å². The van der Waals surface area contributed by atoms with Gasteiger partial charge in [0.15, 0.2) is 4.80 Å². The van der Waals surface area contributed by atoms with E-state index in [9.17, 15) is 10.1 Å². The molecule has 0 aliphatic carbocycles. The van der Waals surface area contributed by atoms with Crippen LogP contribution in [0.25, 0.3) is 11.3 Å². The SMILES string of the molecule is CCOc1ccc(N=c2scc(-c3cccc([N+](=O)[O-])c3)n2CC)cc1. The van der Waals surface area contributed by atoms with E-state index in [-0.39, 0.29) is 10.6 Å². The van der Waals surface area contributed by atoms with E-state index < -0.39 is 0 Å². The Morgan fingerprint density at radius 1 is 1.19 bits per heavy atom. The molecule has 3 aromatic rings. The minimum Gasteiger partial charge on any atom is -0.494 e. The Bertz CT molecular complexity index is 974. The molecule has 0 unspecified atom stereocenters. The molecule has 0 bridgehead atoms. The van der Waals surface area contributed by atoms with Crippen molar-refractivity contribution < 1.29 is 9.66 Å². The molecule has 1 aromatic heterocycles. The highest BCUT2D eigenvalue weighted by atomic mass is 32.1. The molecule has 0 aliphatic rings. The van der Waals surface area contributed by atoms with Crippen LogP contribution in [0.1, 0.15) is 13.8 Å². The summed E-state index contributed by atoms with van der Waals surface area (Å²) in [6, 6.07) is 14.3. The number of aromatic nitrogens is 1. The summed E-state index contributed by atoms with van der Waals surface area (Å²) in [5.74, 6) is 0.818. The minimum absolute atomic E-state index is 0.0846. The average molecular weight is 369 g/mol. The number of hydrogen-bond donors (Lipinski definition) is 0. The summed E-state index contributed by atoms with van der Waals surface area (Å²) in [6.45, 7) is 5.33. The van der Waals surface area contributed by atoms with Gasteiger partial charge in [-0.3, -0.25) is 10.1 Å². The molecule has 2 aromatic carbocycles. The van der Waals surface area contributed by atoms with E-state index in [1.807, 2.05) is 49.6 Å². The van der Waals surface area contributed by atoms with Crippen LogP contribution in [0.2, 0.25) is 0 Å². The van der Waals surface area contributed by atoms with Crippen LogP contribution in [0.4, 0.5) is 11.4 Å². The Balaban J connectivity index is 2.00. The van der Waals surface area contributed by atoms with Gasteiger partial charge < -0.3 is 9.30 Å². The fourth-order valence-electron chi connectivity index (χ4n) is 2.63. The molecule has 0 N–H and O–H groups in total. The summed E-state index contributed by atoms with van der Waals surface area (Å²) >= 11 is 1.51. The molecule has 0 radical (unpaired) electrons. The summed E-state index contributed by atoms with van der Waals surface area (Å²) in [7, 11) is 0. The third kappa shape index (κ3) is 3.83. The van der Waals surface area contributed by atoms with Gasteiger partial charge in [-0.25, -0.2) is 4.99 Å². The molecule has 0 aliphatic heterocycles. The Labute approximate surface area is 155 Å². The number of nitro groups is 1. The highest BCUT2D eigenvalue weighted by Crippen LogP contribution is 2.25. The summed E-state index contributed by atoms with van der Waals surface area (Å²) in [6.07, 6.45) is 0. The van der Waals surface area contributed by atoms with Gasteiger partial charge >= 0.3 is 0 Å². The molecule has 0 spiro atoms. The van der Waals surface area contributed by atoms with Gasteiger partial charge in [0, 0.05) is 29.6 Å². The number of non-ortho nitro benzene ring substituents is 1. The van der Waals surface area contributed by atoms with Crippen molar-refractivity contribution in [2.75, 3.05) is 6.61 Å². The van der Waals surface area contributed by atoms with Crippen molar-refractivity contribution in [3.8, 4) is 17.0 Å². The van der Waals surface area contributed by atoms with Crippen molar-refractivity contribution in [2.24, 2.45) is 4.99 Å². The largest absolute Gasteiger partial charge is 0.494 e. The molecular weight excluding hydrogens is 350 g/mol. The molecule has 3 rings (SSSR count). The Kier molecular flexibility index (Phi) is 5.48. The van der Waals surface area contributed by atoms with Crippen molar-refractivity contribution in [1.29, 1.82) is 0 Å². The van der Waals surface area contributed by atoms with E-state index in [4.69, 9.17) is 9.73 Å². The van der Waals surface area contributed by atoms with Crippen LogP contribution in [-0.4, -0.2) is 16.1 Å². The zero-order valence-corrected chi connectivity index (χ0v) is 15.4. The predicted molar refractivity (Wildman–Crippen MR) is 103 cm³/mol. The standard InChI is InChI=1S/C19H19N3O3S/c1-3-21-18(14-6-5-7-16(12-14)22(23)24)13-26-19(21)20-15-8-10-17(11-9-15)25-4-2/h5-13H,3-4H2,1-2H3. The van der Waals surface area contributed by atoms with E-state index in [2.05, 4.69) is 4.57 Å². The van der Waals surface area contributed by atoms with Gasteiger partial charge in [-0.05, 0) is 38.1 Å². The molecule has 1 heterocycles. The lowest BCUT2D eigenvalue weighted by Crippen LogP contribution is -2.14. The molecule has 6 nitrogen and oxygen atoms in total. The number of benzene rings is 2. The molecule has 26 heavy (non-hydrogen) atoms. The van der Waals surface area contributed by atoms with Crippen molar-refractivity contribution in [1.82, 2.24) is 4.57 Å². The highest BCUT2D eigenvalue weighted by molar-refractivity contribution is 7.07. The maximum absolute atomic E-state index is 11.0. The average Bonchev–Trinajstić information content (AvgIpc) is 3.06.